The van der Waals surface area contributed by atoms with E-state index in [1.807, 2.05) is 43.0 Å². The minimum absolute atomic E-state index is 0.0306. The fourth-order valence-electron chi connectivity index (χ4n) is 4.16. The van der Waals surface area contributed by atoms with Gasteiger partial charge in [-0.25, -0.2) is 8.78 Å². The molecule has 2 amide bonds. The summed E-state index contributed by atoms with van der Waals surface area (Å²) in [5.41, 5.74) is 1.39. The van der Waals surface area contributed by atoms with E-state index < -0.39 is 23.8 Å². The van der Waals surface area contributed by atoms with E-state index in [1.165, 1.54) is 12.1 Å². The van der Waals surface area contributed by atoms with Crippen LogP contribution in [0.25, 0.3) is 0 Å². The van der Waals surface area contributed by atoms with E-state index in [-0.39, 0.29) is 37.6 Å². The maximum atomic E-state index is 13.7. The highest BCUT2D eigenvalue weighted by atomic mass is 127. The minimum Gasteiger partial charge on any atom is -0.390 e. The third-order valence-electron chi connectivity index (χ3n) is 5.89. The molecule has 0 saturated heterocycles. The molecule has 0 heterocycles. The highest BCUT2D eigenvalue weighted by Crippen LogP contribution is 2.13. The third-order valence-corrected chi connectivity index (χ3v) is 6.57. The largest absolute Gasteiger partial charge is 0.390 e. The van der Waals surface area contributed by atoms with Crippen LogP contribution in [-0.4, -0.2) is 53.6 Å². The van der Waals surface area contributed by atoms with E-state index in [4.69, 9.17) is 0 Å². The number of carbonyl (C=O) groups is 2. The molecule has 3 N–H and O–H groups in total. The number of benzene rings is 2. The molecule has 37 heavy (non-hydrogen) atoms. The van der Waals surface area contributed by atoms with E-state index in [9.17, 15) is 23.5 Å². The Hall–Kier alpha value is -2.11. The van der Waals surface area contributed by atoms with Gasteiger partial charge in [0.2, 0.25) is 11.8 Å². The van der Waals surface area contributed by atoms with E-state index >= 15 is 0 Å². The number of aliphatic hydroxyl groups is 1. The van der Waals surface area contributed by atoms with Crippen LogP contribution < -0.4 is 10.6 Å². The smallest absolute Gasteiger partial charge is 0.222 e. The van der Waals surface area contributed by atoms with Gasteiger partial charge >= 0.3 is 0 Å². The molecule has 2 aromatic carbocycles. The van der Waals surface area contributed by atoms with E-state index in [1.54, 1.807) is 0 Å². The lowest BCUT2D eigenvalue weighted by molar-refractivity contribution is -0.131. The standard InChI is InChI=1S/C28H38F2IN3O3/c1-3-11-34(12-4-2)28(37)10-6-9-27(36)33-25(16-21-13-22(29)17-23(30)14-21)26(35)19-32-18-20-7-5-8-24(31)15-20/h5,7-8,13-15,17,25-26,32,35H,3-4,6,9-12,16,18-19H2,1-2H3,(H,33,36)/t25-,26+/m0/s1. The van der Waals surface area contributed by atoms with Crippen molar-refractivity contribution in [2.45, 2.75) is 71.1 Å². The van der Waals surface area contributed by atoms with E-state index in [2.05, 4.69) is 33.2 Å². The van der Waals surface area contributed by atoms with Gasteiger partial charge in [-0.1, -0.05) is 26.0 Å². The Kier molecular flexibility index (Phi) is 14.0. The maximum Gasteiger partial charge on any atom is 0.222 e. The Morgan fingerprint density at radius 1 is 1.00 bits per heavy atom. The molecule has 0 spiro atoms. The van der Waals surface area contributed by atoms with Crippen molar-refractivity contribution in [3.63, 3.8) is 0 Å². The first-order valence-corrected chi connectivity index (χ1v) is 13.9. The van der Waals surface area contributed by atoms with Crippen LogP contribution >= 0.6 is 22.6 Å². The molecule has 9 heteroatoms. The predicted molar refractivity (Wildman–Crippen MR) is 150 cm³/mol. The summed E-state index contributed by atoms with van der Waals surface area (Å²) in [5, 5.41) is 16.9. The molecule has 0 aliphatic rings. The number of halogens is 3. The van der Waals surface area contributed by atoms with Crippen molar-refractivity contribution in [2.24, 2.45) is 0 Å². The average molecular weight is 630 g/mol. The van der Waals surface area contributed by atoms with Crippen LogP contribution in [-0.2, 0) is 22.6 Å². The summed E-state index contributed by atoms with van der Waals surface area (Å²) in [7, 11) is 0. The second-order valence-electron chi connectivity index (χ2n) is 9.22. The Bertz CT molecular complexity index is 982. The zero-order chi connectivity index (χ0) is 27.2. The molecule has 0 unspecified atom stereocenters. The predicted octanol–water partition coefficient (Wildman–Crippen LogP) is 4.57. The summed E-state index contributed by atoms with van der Waals surface area (Å²) >= 11 is 2.23. The number of hydrogen-bond acceptors (Lipinski definition) is 4. The van der Waals surface area contributed by atoms with Crippen LogP contribution in [0.15, 0.2) is 42.5 Å². The molecule has 2 atom stereocenters. The molecular weight excluding hydrogens is 591 g/mol. The van der Waals surface area contributed by atoms with E-state index in [0.29, 0.717) is 31.6 Å². The molecule has 0 aliphatic carbocycles. The van der Waals surface area contributed by atoms with Crippen molar-refractivity contribution in [3.05, 3.63) is 68.8 Å². The van der Waals surface area contributed by atoms with Crippen molar-refractivity contribution in [1.29, 1.82) is 0 Å². The monoisotopic (exact) mass is 629 g/mol. The zero-order valence-electron chi connectivity index (χ0n) is 21.6. The molecule has 0 saturated carbocycles. The Morgan fingerprint density at radius 2 is 1.68 bits per heavy atom. The second-order valence-corrected chi connectivity index (χ2v) is 10.5. The molecule has 2 rings (SSSR count). The van der Waals surface area contributed by atoms with Gasteiger partial charge < -0.3 is 20.6 Å². The molecule has 204 valence electrons. The summed E-state index contributed by atoms with van der Waals surface area (Å²) in [6, 6.07) is 10.4. The van der Waals surface area contributed by atoms with Gasteiger partial charge in [-0.05, 0) is 83.7 Å². The number of nitrogens with zero attached hydrogens (tertiary/aromatic N) is 1. The van der Waals surface area contributed by atoms with Gasteiger partial charge in [-0.15, -0.1) is 0 Å². The Labute approximate surface area is 232 Å². The molecule has 0 bridgehead atoms. The van der Waals surface area contributed by atoms with Gasteiger partial charge in [0.25, 0.3) is 0 Å². The van der Waals surface area contributed by atoms with E-state index in [0.717, 1.165) is 28.0 Å². The SMILES string of the molecule is CCCN(CCC)C(=O)CCCC(=O)N[C@@H](Cc1cc(F)cc(F)c1)[C@H](O)CNCc1cccc(I)c1. The minimum atomic E-state index is -0.996. The first kappa shape index (κ1) is 31.1. The number of aliphatic hydroxyl groups excluding tert-OH is 1. The average Bonchev–Trinajstić information content (AvgIpc) is 2.83. The third kappa shape index (κ3) is 11.9. The fraction of sp³-hybridized carbons (Fsp3) is 0.500. The zero-order valence-corrected chi connectivity index (χ0v) is 23.8. The first-order chi connectivity index (χ1) is 17.7. The summed E-state index contributed by atoms with van der Waals surface area (Å²) in [4.78, 5) is 27.0. The van der Waals surface area contributed by atoms with Crippen molar-refractivity contribution in [3.8, 4) is 0 Å². The Balaban J connectivity index is 1.97. The lowest BCUT2D eigenvalue weighted by Gasteiger charge is -2.25. The first-order valence-electron chi connectivity index (χ1n) is 12.9. The molecular formula is C28H38F2IN3O3. The van der Waals surface area contributed by atoms with Crippen LogP contribution in [0.1, 0.15) is 57.1 Å². The van der Waals surface area contributed by atoms with Crippen LogP contribution in [0.3, 0.4) is 0 Å². The van der Waals surface area contributed by atoms with Crippen molar-refractivity contribution in [1.82, 2.24) is 15.5 Å². The van der Waals surface area contributed by atoms with Gasteiger partial charge in [0.1, 0.15) is 11.6 Å². The number of carbonyl (C=O) groups excluding carboxylic acids is 2. The molecule has 6 nitrogen and oxygen atoms in total. The molecule has 0 aliphatic heterocycles. The Morgan fingerprint density at radius 3 is 2.30 bits per heavy atom. The maximum absolute atomic E-state index is 13.7. The van der Waals surface area contributed by atoms with Gasteiger partial charge in [-0.3, -0.25) is 9.59 Å². The quantitative estimate of drug-likeness (QED) is 0.238. The lowest BCUT2D eigenvalue weighted by Crippen LogP contribution is -2.48. The highest BCUT2D eigenvalue weighted by molar-refractivity contribution is 14.1. The van der Waals surface area contributed by atoms with Crippen LogP contribution in [0.4, 0.5) is 8.78 Å². The summed E-state index contributed by atoms with van der Waals surface area (Å²) in [6.07, 6.45) is 1.60. The summed E-state index contributed by atoms with van der Waals surface area (Å²) < 4.78 is 28.6. The molecule has 0 fully saturated rings. The highest BCUT2D eigenvalue weighted by Gasteiger charge is 2.23. The number of amides is 2. The van der Waals surface area contributed by atoms with Gasteiger partial charge in [0.05, 0.1) is 12.1 Å². The number of nitrogens with one attached hydrogen (secondary N) is 2. The lowest BCUT2D eigenvalue weighted by atomic mass is 10.00. The summed E-state index contributed by atoms with van der Waals surface area (Å²) in [5.74, 6) is -1.71. The molecule has 0 aromatic heterocycles. The van der Waals surface area contributed by atoms with Crippen molar-refractivity contribution < 1.29 is 23.5 Å². The van der Waals surface area contributed by atoms with Crippen LogP contribution in [0, 0.1) is 15.2 Å². The molecule has 2 aromatic rings. The van der Waals surface area contributed by atoms with Crippen LogP contribution in [0.2, 0.25) is 0 Å². The fourth-order valence-corrected chi connectivity index (χ4v) is 4.77. The molecule has 0 radical (unpaired) electrons. The van der Waals surface area contributed by atoms with Crippen molar-refractivity contribution >= 4 is 34.4 Å². The topological polar surface area (TPSA) is 81.7 Å². The van der Waals surface area contributed by atoms with Gasteiger partial charge in [0, 0.05) is 48.7 Å². The number of rotatable bonds is 16. The summed E-state index contributed by atoms with van der Waals surface area (Å²) in [6.45, 7) is 6.15. The number of hydrogen-bond donors (Lipinski definition) is 3. The van der Waals surface area contributed by atoms with Crippen LogP contribution in [0.5, 0.6) is 0 Å². The van der Waals surface area contributed by atoms with Crippen molar-refractivity contribution in [2.75, 3.05) is 19.6 Å². The van der Waals surface area contributed by atoms with Gasteiger partial charge in [0.15, 0.2) is 0 Å². The normalized spacial score (nSPS) is 12.7. The van der Waals surface area contributed by atoms with Gasteiger partial charge in [-0.2, -0.15) is 0 Å². The second kappa shape index (κ2) is 16.7.